The van der Waals surface area contributed by atoms with E-state index in [1.165, 1.54) is 10.6 Å². The summed E-state index contributed by atoms with van der Waals surface area (Å²) in [7, 11) is 1.70. The molecule has 0 aromatic carbocycles. The predicted octanol–water partition coefficient (Wildman–Crippen LogP) is 3.65. The lowest BCUT2D eigenvalue weighted by Gasteiger charge is -2.32. The molecule has 0 radical (unpaired) electrons. The molecule has 0 spiro atoms. The highest BCUT2D eigenvalue weighted by Crippen LogP contribution is 2.25. The van der Waals surface area contributed by atoms with Crippen molar-refractivity contribution in [2.24, 2.45) is 5.92 Å². The van der Waals surface area contributed by atoms with Gasteiger partial charge in [0.15, 0.2) is 0 Å². The van der Waals surface area contributed by atoms with E-state index in [-0.39, 0.29) is 5.91 Å². The number of aryl methyl sites for hydroxylation is 2. The number of piperidine rings is 1. The van der Waals surface area contributed by atoms with Crippen molar-refractivity contribution in [3.63, 3.8) is 0 Å². The zero-order valence-corrected chi connectivity index (χ0v) is 16.1. The zero-order valence-electron chi connectivity index (χ0n) is 15.3. The smallest absolute Gasteiger partial charge is 0.263 e. The second kappa shape index (κ2) is 8.15. The fraction of sp³-hybridized carbons (Fsp3) is 0.579. The highest BCUT2D eigenvalue weighted by atomic mass is 32.1. The molecule has 1 aliphatic heterocycles. The highest BCUT2D eigenvalue weighted by molar-refractivity contribution is 7.13. The van der Waals surface area contributed by atoms with Gasteiger partial charge in [-0.2, -0.15) is 0 Å². The summed E-state index contributed by atoms with van der Waals surface area (Å²) in [5.74, 6) is 1.87. The van der Waals surface area contributed by atoms with Gasteiger partial charge in [0.05, 0.1) is 4.88 Å². The zero-order chi connectivity index (χ0) is 17.8. The average Bonchev–Trinajstić information content (AvgIpc) is 3.20. The van der Waals surface area contributed by atoms with Crippen LogP contribution in [0.15, 0.2) is 18.3 Å². The van der Waals surface area contributed by atoms with Gasteiger partial charge in [-0.3, -0.25) is 4.79 Å². The highest BCUT2D eigenvalue weighted by Gasteiger charge is 2.24. The molecule has 1 amide bonds. The fourth-order valence-corrected chi connectivity index (χ4v) is 4.34. The molecule has 1 fully saturated rings. The topological polar surface area (TPSA) is 47.4 Å². The lowest BCUT2D eigenvalue weighted by atomic mass is 9.93. The summed E-state index contributed by atoms with van der Waals surface area (Å²) >= 11 is 1.59. The number of carbonyl (C=O) groups excluding carboxylic acids is 1. The van der Waals surface area contributed by atoms with Gasteiger partial charge in [-0.1, -0.05) is 0 Å². The van der Waals surface area contributed by atoms with Gasteiger partial charge >= 0.3 is 0 Å². The molecule has 3 rings (SSSR count). The van der Waals surface area contributed by atoms with E-state index in [9.17, 15) is 4.79 Å². The maximum absolute atomic E-state index is 12.5. The number of likely N-dealkylation sites (tertiary alicyclic amines) is 1. The second-order valence-electron chi connectivity index (χ2n) is 6.84. The molecule has 1 aliphatic rings. The standard InChI is InChI=1S/C19H27N3O2S/c1-14-12-20-18(13-24-3)22(14)11-8-16-6-9-21(10-7-16)19(23)17-5-4-15(2)25-17/h4-5,12,16H,6-11,13H2,1-3H3. The summed E-state index contributed by atoms with van der Waals surface area (Å²) in [6, 6.07) is 3.98. The maximum Gasteiger partial charge on any atom is 0.263 e. The third-order valence-electron chi connectivity index (χ3n) is 5.03. The van der Waals surface area contributed by atoms with E-state index < -0.39 is 0 Å². The van der Waals surface area contributed by atoms with Crippen molar-refractivity contribution in [3.05, 3.63) is 39.6 Å². The largest absolute Gasteiger partial charge is 0.377 e. The first-order chi connectivity index (χ1) is 12.1. The Balaban J connectivity index is 1.50. The van der Waals surface area contributed by atoms with Crippen LogP contribution in [0.25, 0.3) is 0 Å². The van der Waals surface area contributed by atoms with Gasteiger partial charge in [0.1, 0.15) is 12.4 Å². The van der Waals surface area contributed by atoms with Crippen LogP contribution in [0.4, 0.5) is 0 Å². The monoisotopic (exact) mass is 361 g/mol. The van der Waals surface area contributed by atoms with Gasteiger partial charge in [-0.05, 0) is 51.2 Å². The Hall–Kier alpha value is -1.66. The van der Waals surface area contributed by atoms with E-state index in [4.69, 9.17) is 4.74 Å². The van der Waals surface area contributed by atoms with Gasteiger partial charge in [-0.15, -0.1) is 11.3 Å². The summed E-state index contributed by atoms with van der Waals surface area (Å²) in [6.07, 6.45) is 5.22. The first-order valence-corrected chi connectivity index (χ1v) is 9.75. The van der Waals surface area contributed by atoms with Crippen molar-refractivity contribution in [1.82, 2.24) is 14.5 Å². The molecule has 0 unspecified atom stereocenters. The quantitative estimate of drug-likeness (QED) is 0.789. The molecule has 136 valence electrons. The minimum absolute atomic E-state index is 0.199. The van der Waals surface area contributed by atoms with Crippen molar-refractivity contribution in [3.8, 4) is 0 Å². The fourth-order valence-electron chi connectivity index (χ4n) is 3.50. The molecule has 25 heavy (non-hydrogen) atoms. The summed E-state index contributed by atoms with van der Waals surface area (Å²) in [4.78, 5) is 21.0. The van der Waals surface area contributed by atoms with Crippen molar-refractivity contribution in [1.29, 1.82) is 0 Å². The normalized spacial score (nSPS) is 15.7. The number of nitrogens with zero attached hydrogens (tertiary/aromatic N) is 3. The Kier molecular flexibility index (Phi) is 5.91. The third kappa shape index (κ3) is 4.30. The van der Waals surface area contributed by atoms with Gasteiger partial charge in [0.25, 0.3) is 5.91 Å². The molecule has 0 saturated carbocycles. The van der Waals surface area contributed by atoms with Crippen LogP contribution in [0, 0.1) is 19.8 Å². The van der Waals surface area contributed by atoms with E-state index in [2.05, 4.69) is 16.5 Å². The molecule has 0 N–H and O–H groups in total. The number of hydrogen-bond donors (Lipinski definition) is 0. The number of ether oxygens (including phenoxy) is 1. The van der Waals surface area contributed by atoms with Crippen LogP contribution in [0.5, 0.6) is 0 Å². The van der Waals surface area contributed by atoms with Crippen LogP contribution < -0.4 is 0 Å². The SMILES string of the molecule is COCc1ncc(C)n1CCC1CCN(C(=O)c2ccc(C)s2)CC1. The Morgan fingerprint density at radius 2 is 2.08 bits per heavy atom. The Morgan fingerprint density at radius 3 is 2.72 bits per heavy atom. The molecule has 1 saturated heterocycles. The van der Waals surface area contributed by atoms with Crippen molar-refractivity contribution in [2.75, 3.05) is 20.2 Å². The molecular weight excluding hydrogens is 334 g/mol. The summed E-state index contributed by atoms with van der Waals surface area (Å²) in [5, 5.41) is 0. The molecule has 2 aromatic heterocycles. The molecular formula is C19H27N3O2S. The van der Waals surface area contributed by atoms with Crippen LogP contribution in [0.1, 0.15) is 45.3 Å². The summed E-state index contributed by atoms with van der Waals surface area (Å²) < 4.78 is 7.49. The Bertz CT molecular complexity index is 714. The van der Waals surface area contributed by atoms with Crippen molar-refractivity contribution >= 4 is 17.2 Å². The van der Waals surface area contributed by atoms with Gasteiger partial charge in [0, 0.05) is 43.5 Å². The molecule has 2 aromatic rings. The number of aromatic nitrogens is 2. The first-order valence-electron chi connectivity index (χ1n) is 8.94. The lowest BCUT2D eigenvalue weighted by Crippen LogP contribution is -2.38. The van der Waals surface area contributed by atoms with Crippen molar-refractivity contribution in [2.45, 2.75) is 46.3 Å². The number of thiophene rings is 1. The summed E-state index contributed by atoms with van der Waals surface area (Å²) in [5.41, 5.74) is 1.19. The average molecular weight is 362 g/mol. The van der Waals surface area contributed by atoms with E-state index in [0.717, 1.165) is 49.6 Å². The van der Waals surface area contributed by atoms with Crippen LogP contribution in [-0.2, 0) is 17.9 Å². The molecule has 0 atom stereocenters. The number of imidazole rings is 1. The van der Waals surface area contributed by atoms with Gasteiger partial charge in [0.2, 0.25) is 0 Å². The summed E-state index contributed by atoms with van der Waals surface area (Å²) in [6.45, 7) is 7.41. The first kappa shape index (κ1) is 18.1. The van der Waals surface area contributed by atoms with E-state index in [1.54, 1.807) is 18.4 Å². The number of hydrogen-bond acceptors (Lipinski definition) is 4. The van der Waals surface area contributed by atoms with Crippen LogP contribution in [0.2, 0.25) is 0 Å². The van der Waals surface area contributed by atoms with E-state index >= 15 is 0 Å². The van der Waals surface area contributed by atoms with Gasteiger partial charge in [-0.25, -0.2) is 4.98 Å². The van der Waals surface area contributed by atoms with Crippen LogP contribution >= 0.6 is 11.3 Å². The van der Waals surface area contributed by atoms with E-state index in [0.29, 0.717) is 12.5 Å². The molecule has 3 heterocycles. The molecule has 6 heteroatoms. The number of rotatable bonds is 6. The van der Waals surface area contributed by atoms with Crippen LogP contribution in [0.3, 0.4) is 0 Å². The van der Waals surface area contributed by atoms with Gasteiger partial charge < -0.3 is 14.2 Å². The molecule has 0 aliphatic carbocycles. The van der Waals surface area contributed by atoms with Crippen molar-refractivity contribution < 1.29 is 9.53 Å². The predicted molar refractivity (Wildman–Crippen MR) is 100.0 cm³/mol. The maximum atomic E-state index is 12.5. The molecule has 5 nitrogen and oxygen atoms in total. The number of methoxy groups -OCH3 is 1. The second-order valence-corrected chi connectivity index (χ2v) is 8.12. The Morgan fingerprint density at radius 1 is 1.32 bits per heavy atom. The number of carbonyl (C=O) groups is 1. The number of amides is 1. The van der Waals surface area contributed by atoms with Crippen LogP contribution in [-0.4, -0.2) is 40.6 Å². The minimum atomic E-state index is 0.199. The lowest BCUT2D eigenvalue weighted by molar-refractivity contribution is 0.0689. The minimum Gasteiger partial charge on any atom is -0.377 e. The molecule has 0 bridgehead atoms. The third-order valence-corrected chi connectivity index (χ3v) is 6.01. The van der Waals surface area contributed by atoms with E-state index in [1.807, 2.05) is 30.2 Å². The Labute approximate surface area is 153 Å².